The number of carbonyl (C=O) groups excluding carboxylic acids is 1. The maximum Gasteiger partial charge on any atom is 0.321 e. The second kappa shape index (κ2) is 7.00. The number of anilines is 1. The minimum absolute atomic E-state index is 0.135. The molecule has 1 aromatic carbocycles. The van der Waals surface area contributed by atoms with Gasteiger partial charge >= 0.3 is 12.0 Å². The number of likely N-dealkylation sites (tertiary alicyclic amines) is 1. The van der Waals surface area contributed by atoms with Crippen LogP contribution in [0.2, 0.25) is 10.0 Å². The van der Waals surface area contributed by atoms with Crippen LogP contribution in [0.1, 0.15) is 19.3 Å². The van der Waals surface area contributed by atoms with E-state index >= 15 is 0 Å². The van der Waals surface area contributed by atoms with Crippen molar-refractivity contribution in [3.63, 3.8) is 0 Å². The van der Waals surface area contributed by atoms with Crippen molar-refractivity contribution in [2.24, 2.45) is 5.92 Å². The summed E-state index contributed by atoms with van der Waals surface area (Å²) in [4.78, 5) is 24.5. The highest BCUT2D eigenvalue weighted by atomic mass is 35.5. The molecule has 0 saturated carbocycles. The van der Waals surface area contributed by atoms with Crippen LogP contribution in [-0.4, -0.2) is 35.1 Å². The first-order chi connectivity index (χ1) is 9.97. The van der Waals surface area contributed by atoms with E-state index in [1.807, 2.05) is 0 Å². The van der Waals surface area contributed by atoms with Crippen LogP contribution in [0.4, 0.5) is 10.5 Å². The molecule has 1 saturated heterocycles. The Labute approximate surface area is 132 Å². The molecular weight excluding hydrogens is 315 g/mol. The Bertz CT molecular complexity index is 523. The van der Waals surface area contributed by atoms with Gasteiger partial charge in [-0.25, -0.2) is 4.79 Å². The molecule has 1 aliphatic rings. The lowest BCUT2D eigenvalue weighted by molar-refractivity contribution is -0.138. The van der Waals surface area contributed by atoms with Crippen molar-refractivity contribution >= 4 is 40.9 Å². The van der Waals surface area contributed by atoms with E-state index in [-0.39, 0.29) is 18.4 Å². The summed E-state index contributed by atoms with van der Waals surface area (Å²) in [6, 6.07) is 4.75. The number of aliphatic carboxylic acids is 1. The van der Waals surface area contributed by atoms with Gasteiger partial charge in [0, 0.05) is 19.5 Å². The molecule has 2 amide bonds. The maximum atomic E-state index is 12.2. The first-order valence-corrected chi connectivity index (χ1v) is 7.44. The van der Waals surface area contributed by atoms with Gasteiger partial charge in [0.25, 0.3) is 0 Å². The molecule has 1 heterocycles. The van der Waals surface area contributed by atoms with Gasteiger partial charge in [0.1, 0.15) is 0 Å². The van der Waals surface area contributed by atoms with Gasteiger partial charge in [-0.15, -0.1) is 0 Å². The molecule has 0 spiro atoms. The van der Waals surface area contributed by atoms with Crippen molar-refractivity contribution in [1.29, 1.82) is 0 Å². The monoisotopic (exact) mass is 330 g/mol. The number of hydrogen-bond donors (Lipinski definition) is 2. The van der Waals surface area contributed by atoms with Crippen LogP contribution in [-0.2, 0) is 4.79 Å². The van der Waals surface area contributed by atoms with Crippen molar-refractivity contribution in [2.75, 3.05) is 18.4 Å². The van der Waals surface area contributed by atoms with Crippen molar-refractivity contribution in [1.82, 2.24) is 4.90 Å². The van der Waals surface area contributed by atoms with E-state index in [1.54, 1.807) is 23.1 Å². The number of nitrogens with zero attached hydrogens (tertiary/aromatic N) is 1. The quantitative estimate of drug-likeness (QED) is 0.887. The van der Waals surface area contributed by atoms with Crippen molar-refractivity contribution in [3.8, 4) is 0 Å². The van der Waals surface area contributed by atoms with Crippen LogP contribution >= 0.6 is 23.2 Å². The second-order valence-corrected chi connectivity index (χ2v) is 5.87. The summed E-state index contributed by atoms with van der Waals surface area (Å²) in [5.74, 6) is -0.656. The molecule has 0 radical (unpaired) electrons. The molecule has 2 N–H and O–H groups in total. The summed E-state index contributed by atoms with van der Waals surface area (Å²) in [6.45, 7) is 1.07. The fraction of sp³-hybridized carbons (Fsp3) is 0.429. The summed E-state index contributed by atoms with van der Waals surface area (Å²) in [6.07, 6.45) is 1.54. The summed E-state index contributed by atoms with van der Waals surface area (Å²) in [5.41, 5.74) is 0.401. The maximum absolute atomic E-state index is 12.2. The Kier molecular flexibility index (Phi) is 5.31. The number of para-hydroxylation sites is 1. The Morgan fingerprint density at radius 3 is 2.33 bits per heavy atom. The van der Waals surface area contributed by atoms with Crippen LogP contribution in [0.25, 0.3) is 0 Å². The fourth-order valence-electron chi connectivity index (χ4n) is 2.39. The number of carboxylic acid groups (broad SMARTS) is 1. The van der Waals surface area contributed by atoms with Crippen LogP contribution in [0.3, 0.4) is 0 Å². The van der Waals surface area contributed by atoms with E-state index in [2.05, 4.69) is 5.32 Å². The van der Waals surface area contributed by atoms with Crippen LogP contribution in [0.5, 0.6) is 0 Å². The summed E-state index contributed by atoms with van der Waals surface area (Å²) < 4.78 is 0. The Morgan fingerprint density at radius 2 is 1.81 bits per heavy atom. The molecule has 0 aliphatic carbocycles. The Morgan fingerprint density at radius 1 is 1.24 bits per heavy atom. The molecule has 2 rings (SSSR count). The molecule has 21 heavy (non-hydrogen) atoms. The van der Waals surface area contributed by atoms with Crippen LogP contribution < -0.4 is 5.32 Å². The Hall–Kier alpha value is -1.46. The standard InChI is InChI=1S/C14H16Cl2N2O3/c15-10-2-1-3-11(16)13(10)17-14(21)18-6-4-9(5-7-18)8-12(19)20/h1-3,9H,4-8H2,(H,17,21)(H,19,20). The first-order valence-electron chi connectivity index (χ1n) is 6.69. The van der Waals surface area contributed by atoms with Gasteiger partial charge in [-0.05, 0) is 30.9 Å². The van der Waals surface area contributed by atoms with Gasteiger partial charge in [-0.2, -0.15) is 0 Å². The molecule has 7 heteroatoms. The highest BCUT2D eigenvalue weighted by molar-refractivity contribution is 6.39. The highest BCUT2D eigenvalue weighted by Crippen LogP contribution is 2.30. The molecule has 1 aromatic rings. The summed E-state index contributed by atoms with van der Waals surface area (Å²) in [5, 5.41) is 12.3. The lowest BCUT2D eigenvalue weighted by Gasteiger charge is -2.31. The topological polar surface area (TPSA) is 69.6 Å². The van der Waals surface area contributed by atoms with Crippen molar-refractivity contribution < 1.29 is 14.7 Å². The highest BCUT2D eigenvalue weighted by Gasteiger charge is 2.24. The number of nitrogens with one attached hydrogen (secondary N) is 1. The molecule has 5 nitrogen and oxygen atoms in total. The summed E-state index contributed by atoms with van der Waals surface area (Å²) >= 11 is 12.0. The number of amides is 2. The lowest BCUT2D eigenvalue weighted by Crippen LogP contribution is -2.41. The van der Waals surface area contributed by atoms with Gasteiger partial charge in [-0.3, -0.25) is 4.79 Å². The number of urea groups is 1. The third-order valence-electron chi connectivity index (χ3n) is 3.56. The molecule has 0 unspecified atom stereocenters. The average molecular weight is 331 g/mol. The number of benzene rings is 1. The number of rotatable bonds is 3. The van der Waals surface area contributed by atoms with E-state index in [0.29, 0.717) is 41.7 Å². The van der Waals surface area contributed by atoms with Gasteiger partial charge in [0.05, 0.1) is 15.7 Å². The second-order valence-electron chi connectivity index (χ2n) is 5.06. The molecule has 0 aromatic heterocycles. The van der Waals surface area contributed by atoms with Gasteiger partial charge < -0.3 is 15.3 Å². The average Bonchev–Trinajstić information content (AvgIpc) is 2.43. The zero-order valence-corrected chi connectivity index (χ0v) is 12.8. The SMILES string of the molecule is O=C(O)CC1CCN(C(=O)Nc2c(Cl)cccc2Cl)CC1. The summed E-state index contributed by atoms with van der Waals surface area (Å²) in [7, 11) is 0. The minimum atomic E-state index is -0.791. The predicted octanol–water partition coefficient (Wildman–Crippen LogP) is 3.71. The van der Waals surface area contributed by atoms with Gasteiger partial charge in [0.15, 0.2) is 0 Å². The fourth-order valence-corrected chi connectivity index (χ4v) is 2.88. The van der Waals surface area contributed by atoms with E-state index in [4.69, 9.17) is 28.3 Å². The number of halogens is 2. The molecule has 1 fully saturated rings. The number of hydrogen-bond acceptors (Lipinski definition) is 2. The zero-order chi connectivity index (χ0) is 15.4. The number of carboxylic acids is 1. The molecular formula is C14H16Cl2N2O3. The molecule has 1 aliphatic heterocycles. The number of piperidine rings is 1. The smallest absolute Gasteiger partial charge is 0.321 e. The molecule has 114 valence electrons. The number of carbonyl (C=O) groups is 2. The van der Waals surface area contributed by atoms with E-state index < -0.39 is 5.97 Å². The molecule has 0 bridgehead atoms. The largest absolute Gasteiger partial charge is 0.481 e. The van der Waals surface area contributed by atoms with E-state index in [9.17, 15) is 9.59 Å². The van der Waals surface area contributed by atoms with E-state index in [1.165, 1.54) is 0 Å². The third-order valence-corrected chi connectivity index (χ3v) is 4.19. The normalized spacial score (nSPS) is 15.8. The predicted molar refractivity (Wildman–Crippen MR) is 82.0 cm³/mol. The first kappa shape index (κ1) is 15.9. The van der Waals surface area contributed by atoms with Crippen LogP contribution in [0.15, 0.2) is 18.2 Å². The van der Waals surface area contributed by atoms with Gasteiger partial charge in [-0.1, -0.05) is 29.3 Å². The third kappa shape index (κ3) is 4.25. The van der Waals surface area contributed by atoms with Crippen molar-refractivity contribution in [2.45, 2.75) is 19.3 Å². The zero-order valence-electron chi connectivity index (χ0n) is 11.3. The molecule has 0 atom stereocenters. The van der Waals surface area contributed by atoms with Crippen molar-refractivity contribution in [3.05, 3.63) is 28.2 Å². The van der Waals surface area contributed by atoms with Gasteiger partial charge in [0.2, 0.25) is 0 Å². The van der Waals surface area contributed by atoms with Crippen LogP contribution in [0, 0.1) is 5.92 Å². The minimum Gasteiger partial charge on any atom is -0.481 e. The Balaban J connectivity index is 1.92. The van der Waals surface area contributed by atoms with E-state index in [0.717, 1.165) is 0 Å². The lowest BCUT2D eigenvalue weighted by atomic mass is 9.94.